The minimum Gasteiger partial charge on any atom is -0.459 e. The molecule has 2 unspecified atom stereocenters. The normalized spacial score (nSPS) is 21.8. The quantitative estimate of drug-likeness (QED) is 0.256. The summed E-state index contributed by atoms with van der Waals surface area (Å²) in [5.41, 5.74) is -0.531. The van der Waals surface area contributed by atoms with Crippen LogP contribution in [0.3, 0.4) is 0 Å². The van der Waals surface area contributed by atoms with Gasteiger partial charge >= 0.3 is 11.9 Å². The fourth-order valence-electron chi connectivity index (χ4n) is 5.25. The number of aromatic nitrogens is 3. The molecule has 1 aliphatic rings. The summed E-state index contributed by atoms with van der Waals surface area (Å²) in [7, 11) is 0. The summed E-state index contributed by atoms with van der Waals surface area (Å²) >= 11 is 12.4. The number of ether oxygens (including phenoxy) is 2. The van der Waals surface area contributed by atoms with E-state index in [0.29, 0.717) is 11.7 Å². The number of hydrogen-bond donors (Lipinski definition) is 1. The van der Waals surface area contributed by atoms with E-state index in [1.807, 2.05) is 20.8 Å². The average Bonchev–Trinajstić information content (AvgIpc) is 3.39. The Morgan fingerprint density at radius 2 is 1.74 bits per heavy atom. The number of nitrogens with one attached hydrogen (secondary N) is 1. The van der Waals surface area contributed by atoms with Gasteiger partial charge in [-0.25, -0.2) is 23.9 Å². The zero-order valence-electron chi connectivity index (χ0n) is 22.4. The number of hydrogen-bond acceptors (Lipinski definition) is 5. The number of carbonyl (C=O) groups is 2. The zero-order valence-corrected chi connectivity index (χ0v) is 23.9. The van der Waals surface area contributed by atoms with Crippen LogP contribution in [0, 0.1) is 24.3 Å². The lowest BCUT2D eigenvalue weighted by molar-refractivity contribution is -0.0271. The van der Waals surface area contributed by atoms with Gasteiger partial charge in [0.05, 0.1) is 22.2 Å². The van der Waals surface area contributed by atoms with E-state index in [-0.39, 0.29) is 56.3 Å². The fraction of sp³-hybridized carbons (Fsp3) is 0.500. The Balaban J connectivity index is 1.79. The molecule has 1 N–H and O–H groups in total. The lowest BCUT2D eigenvalue weighted by Gasteiger charge is -2.38. The lowest BCUT2D eigenvalue weighted by Crippen LogP contribution is -2.38. The van der Waals surface area contributed by atoms with Crippen molar-refractivity contribution in [3.8, 4) is 5.88 Å². The second-order valence-electron chi connectivity index (χ2n) is 11.2. The molecule has 0 bridgehead atoms. The van der Waals surface area contributed by atoms with Crippen LogP contribution in [-0.2, 0) is 10.2 Å². The van der Waals surface area contributed by atoms with Gasteiger partial charge in [0.25, 0.3) is 5.69 Å². The number of benzene rings is 1. The molecule has 8 nitrogen and oxygen atoms in total. The van der Waals surface area contributed by atoms with E-state index in [4.69, 9.17) is 39.2 Å². The molecule has 0 amide bonds. The molecule has 38 heavy (non-hydrogen) atoms. The SMILES string of the molecule is [C-]#[N+]c1c(C(=O)OC2C(C)CC(CC)CC2C)c2nc(C(C)(C)C)[nH]n2c1OC(=O)c1c(Cl)cccc1Cl. The minimum absolute atomic E-state index is 0.0446. The molecule has 0 aliphatic heterocycles. The van der Waals surface area contributed by atoms with Crippen LogP contribution < -0.4 is 4.74 Å². The Kier molecular flexibility index (Phi) is 7.83. The van der Waals surface area contributed by atoms with Crippen molar-refractivity contribution in [2.24, 2.45) is 17.8 Å². The predicted octanol–water partition coefficient (Wildman–Crippen LogP) is 7.65. The molecule has 3 aromatic rings. The third-order valence-electron chi connectivity index (χ3n) is 7.25. The number of carbonyl (C=O) groups excluding carboxylic acids is 2. The number of halogens is 2. The first-order valence-electron chi connectivity index (χ1n) is 12.8. The minimum atomic E-state index is -0.864. The van der Waals surface area contributed by atoms with Gasteiger partial charge < -0.3 is 9.47 Å². The molecule has 202 valence electrons. The molecule has 10 heteroatoms. The van der Waals surface area contributed by atoms with Crippen LogP contribution in [0.5, 0.6) is 5.88 Å². The van der Waals surface area contributed by atoms with Crippen molar-refractivity contribution in [1.29, 1.82) is 0 Å². The zero-order chi connectivity index (χ0) is 27.9. The van der Waals surface area contributed by atoms with E-state index < -0.39 is 17.4 Å². The summed E-state index contributed by atoms with van der Waals surface area (Å²) in [5.74, 6) is -0.234. The highest BCUT2D eigenvalue weighted by atomic mass is 35.5. The van der Waals surface area contributed by atoms with Crippen LogP contribution in [0.1, 0.15) is 87.3 Å². The first-order valence-corrected chi connectivity index (χ1v) is 13.5. The molecule has 1 saturated carbocycles. The first-order chi connectivity index (χ1) is 17.9. The Bertz CT molecular complexity index is 1400. The van der Waals surface area contributed by atoms with Gasteiger partial charge in [-0.1, -0.05) is 77.2 Å². The van der Waals surface area contributed by atoms with Crippen LogP contribution in [0.15, 0.2) is 18.2 Å². The van der Waals surface area contributed by atoms with Crippen LogP contribution in [-0.4, -0.2) is 32.6 Å². The van der Waals surface area contributed by atoms with E-state index in [0.717, 1.165) is 19.3 Å². The first kappa shape index (κ1) is 28.0. The molecule has 2 aromatic heterocycles. The van der Waals surface area contributed by atoms with Crippen LogP contribution in [0.4, 0.5) is 5.69 Å². The highest BCUT2D eigenvalue weighted by Crippen LogP contribution is 2.42. The third kappa shape index (κ3) is 5.14. The van der Waals surface area contributed by atoms with Crippen molar-refractivity contribution in [3.63, 3.8) is 0 Å². The van der Waals surface area contributed by atoms with E-state index in [1.165, 1.54) is 16.6 Å². The van der Waals surface area contributed by atoms with Crippen LogP contribution >= 0.6 is 23.2 Å². The van der Waals surface area contributed by atoms with Crippen LogP contribution in [0.2, 0.25) is 10.0 Å². The summed E-state index contributed by atoms with van der Waals surface area (Å²) in [6.45, 7) is 20.1. The van der Waals surface area contributed by atoms with E-state index in [9.17, 15) is 9.59 Å². The molecular weight excluding hydrogens is 527 g/mol. The second kappa shape index (κ2) is 10.6. The molecular formula is C28H32Cl2N4O4. The second-order valence-corrected chi connectivity index (χ2v) is 12.0. The van der Waals surface area contributed by atoms with Crippen molar-refractivity contribution in [2.45, 2.75) is 72.3 Å². The fourth-order valence-corrected chi connectivity index (χ4v) is 5.80. The van der Waals surface area contributed by atoms with Gasteiger partial charge in [0.2, 0.25) is 5.88 Å². The third-order valence-corrected chi connectivity index (χ3v) is 7.88. The summed E-state index contributed by atoms with van der Waals surface area (Å²) in [4.78, 5) is 35.0. The monoisotopic (exact) mass is 558 g/mol. The van der Waals surface area contributed by atoms with Gasteiger partial charge in [-0.15, -0.1) is 0 Å². The number of nitrogens with zero attached hydrogens (tertiary/aromatic N) is 3. The molecule has 0 saturated heterocycles. The topological polar surface area (TPSA) is 90.1 Å². The standard InChI is InChI=1S/C28H32Cl2N4O4/c1-8-16-12-14(2)22(15(3)13-16)37-26(36)20-21(31-7)24(34-23(20)32-27(33-34)28(4,5)6)38-25(35)19-17(29)10-9-11-18(19)30/h9-11,14-16,22H,8,12-13H2,1-6H3,(H,32,33). The number of rotatable bonds is 5. The smallest absolute Gasteiger partial charge is 0.346 e. The van der Waals surface area contributed by atoms with Gasteiger partial charge in [-0.3, -0.25) is 5.10 Å². The molecule has 1 fully saturated rings. The molecule has 0 radical (unpaired) electrons. The van der Waals surface area contributed by atoms with Crippen molar-refractivity contribution in [1.82, 2.24) is 14.6 Å². The Morgan fingerprint density at radius 3 is 2.26 bits per heavy atom. The Morgan fingerprint density at radius 1 is 1.13 bits per heavy atom. The number of H-pyrrole nitrogens is 1. The Labute approximate surface area is 232 Å². The van der Waals surface area contributed by atoms with E-state index in [1.54, 1.807) is 6.07 Å². The van der Waals surface area contributed by atoms with E-state index in [2.05, 4.69) is 35.7 Å². The van der Waals surface area contributed by atoms with Crippen LogP contribution in [0.25, 0.3) is 10.5 Å². The molecule has 1 aliphatic carbocycles. The lowest BCUT2D eigenvalue weighted by atomic mass is 9.73. The molecule has 2 heterocycles. The van der Waals surface area contributed by atoms with Gasteiger partial charge in [0.15, 0.2) is 5.65 Å². The predicted molar refractivity (Wildman–Crippen MR) is 146 cm³/mol. The molecule has 1 aromatic carbocycles. The number of esters is 2. The molecule has 4 rings (SSSR count). The van der Waals surface area contributed by atoms with Crippen molar-refractivity contribution >= 4 is 46.5 Å². The number of aromatic amines is 1. The maximum absolute atomic E-state index is 13.7. The summed E-state index contributed by atoms with van der Waals surface area (Å²) in [6, 6.07) is 4.63. The van der Waals surface area contributed by atoms with Crippen molar-refractivity contribution in [2.75, 3.05) is 0 Å². The van der Waals surface area contributed by atoms with Gasteiger partial charge in [-0.05, 0) is 42.7 Å². The number of fused-ring (bicyclic) bond motifs is 1. The average molecular weight is 559 g/mol. The molecule has 0 spiro atoms. The summed E-state index contributed by atoms with van der Waals surface area (Å²) in [6.07, 6.45) is 2.73. The van der Waals surface area contributed by atoms with E-state index >= 15 is 0 Å². The van der Waals surface area contributed by atoms with Gasteiger partial charge in [0, 0.05) is 5.41 Å². The largest absolute Gasteiger partial charge is 0.459 e. The maximum Gasteiger partial charge on any atom is 0.346 e. The van der Waals surface area contributed by atoms with Crippen molar-refractivity contribution in [3.05, 3.63) is 56.6 Å². The van der Waals surface area contributed by atoms with Gasteiger partial charge in [-0.2, -0.15) is 0 Å². The highest BCUT2D eigenvalue weighted by molar-refractivity contribution is 6.39. The van der Waals surface area contributed by atoms with Gasteiger partial charge in [0.1, 0.15) is 17.5 Å². The maximum atomic E-state index is 13.7. The van der Waals surface area contributed by atoms with Crippen molar-refractivity contribution < 1.29 is 19.1 Å². The summed E-state index contributed by atoms with van der Waals surface area (Å²) in [5, 5.41) is 3.29. The Hall–Kier alpha value is -3.02. The molecule has 2 atom stereocenters. The highest BCUT2D eigenvalue weighted by Gasteiger charge is 2.38. The summed E-state index contributed by atoms with van der Waals surface area (Å²) < 4.78 is 13.1.